The zero-order chi connectivity index (χ0) is 16.4. The minimum Gasteiger partial charge on any atom is -0.478 e. The number of aromatic carboxylic acids is 1. The summed E-state index contributed by atoms with van der Waals surface area (Å²) in [7, 11) is 0. The lowest BCUT2D eigenvalue weighted by atomic mass is 10.0. The van der Waals surface area contributed by atoms with Crippen LogP contribution in [-0.4, -0.2) is 46.9 Å². The van der Waals surface area contributed by atoms with Crippen molar-refractivity contribution in [3.05, 3.63) is 35.4 Å². The Kier molecular flexibility index (Phi) is 4.32. The summed E-state index contributed by atoms with van der Waals surface area (Å²) in [5.41, 5.74) is 0.448. The highest BCUT2D eigenvalue weighted by Crippen LogP contribution is 2.31. The van der Waals surface area contributed by atoms with Crippen LogP contribution in [0.1, 0.15) is 46.4 Å². The second-order valence-corrected chi connectivity index (χ2v) is 6.23. The van der Waals surface area contributed by atoms with Crippen molar-refractivity contribution in [3.8, 4) is 0 Å². The Morgan fingerprint density at radius 1 is 1.04 bits per heavy atom. The van der Waals surface area contributed by atoms with E-state index in [0.717, 1.165) is 25.7 Å². The number of likely N-dealkylation sites (tertiary alicyclic amines) is 1. The van der Waals surface area contributed by atoms with Crippen LogP contribution >= 0.6 is 0 Å². The lowest BCUT2D eigenvalue weighted by Gasteiger charge is -2.32. The van der Waals surface area contributed by atoms with Crippen LogP contribution in [-0.2, 0) is 4.79 Å². The van der Waals surface area contributed by atoms with Gasteiger partial charge in [-0.05, 0) is 43.9 Å². The van der Waals surface area contributed by atoms with Gasteiger partial charge in [0.1, 0.15) is 0 Å². The van der Waals surface area contributed by atoms with Gasteiger partial charge < -0.3 is 15.3 Å². The molecule has 6 heteroatoms. The van der Waals surface area contributed by atoms with Gasteiger partial charge >= 0.3 is 5.97 Å². The molecule has 6 nitrogen and oxygen atoms in total. The summed E-state index contributed by atoms with van der Waals surface area (Å²) < 4.78 is 0. The highest BCUT2D eigenvalue weighted by molar-refractivity contribution is 5.97. The largest absolute Gasteiger partial charge is 0.478 e. The summed E-state index contributed by atoms with van der Waals surface area (Å²) >= 11 is 0. The van der Waals surface area contributed by atoms with Gasteiger partial charge in [-0.1, -0.05) is 6.07 Å². The third kappa shape index (κ3) is 3.70. The van der Waals surface area contributed by atoms with Gasteiger partial charge in [0.15, 0.2) is 0 Å². The molecule has 2 aliphatic rings. The monoisotopic (exact) mass is 316 g/mol. The molecule has 0 radical (unpaired) electrons. The molecule has 0 unspecified atom stereocenters. The lowest BCUT2D eigenvalue weighted by Crippen LogP contribution is -2.47. The first kappa shape index (κ1) is 15.5. The molecule has 1 heterocycles. The highest BCUT2D eigenvalue weighted by atomic mass is 16.4. The molecule has 0 spiro atoms. The molecule has 1 saturated carbocycles. The Morgan fingerprint density at radius 3 is 2.30 bits per heavy atom. The number of carbonyl (C=O) groups is 3. The van der Waals surface area contributed by atoms with E-state index in [4.69, 9.17) is 5.11 Å². The first-order chi connectivity index (χ1) is 11.0. The Labute approximate surface area is 134 Å². The average molecular weight is 316 g/mol. The fourth-order valence-electron chi connectivity index (χ4n) is 2.89. The molecule has 3 rings (SSSR count). The molecule has 0 atom stereocenters. The zero-order valence-corrected chi connectivity index (χ0v) is 12.8. The second kappa shape index (κ2) is 6.40. The van der Waals surface area contributed by atoms with Gasteiger partial charge in [-0.3, -0.25) is 9.59 Å². The third-order valence-corrected chi connectivity index (χ3v) is 4.44. The Bertz CT molecular complexity index is 631. The average Bonchev–Trinajstić information content (AvgIpc) is 3.40. The summed E-state index contributed by atoms with van der Waals surface area (Å²) in [4.78, 5) is 37.1. The van der Waals surface area contributed by atoms with Crippen molar-refractivity contribution in [2.24, 2.45) is 5.92 Å². The maximum atomic E-state index is 12.2. The standard InChI is InChI=1S/C17H20N2O4/c20-15(12-2-1-3-13(10-12)17(22)23)18-14-6-8-19(9-7-14)16(21)11-4-5-11/h1-3,10-11,14H,4-9H2,(H,18,20)(H,22,23). The van der Waals surface area contributed by atoms with Crippen LogP contribution < -0.4 is 5.32 Å². The summed E-state index contributed by atoms with van der Waals surface area (Å²) in [6.07, 6.45) is 3.50. The van der Waals surface area contributed by atoms with Gasteiger partial charge in [-0.15, -0.1) is 0 Å². The SMILES string of the molecule is O=C(O)c1cccc(C(=O)NC2CCN(C(=O)C3CC3)CC2)c1. The van der Waals surface area contributed by atoms with E-state index in [9.17, 15) is 14.4 Å². The molecule has 122 valence electrons. The quantitative estimate of drug-likeness (QED) is 0.881. The summed E-state index contributed by atoms with van der Waals surface area (Å²) in [6.45, 7) is 1.35. The van der Waals surface area contributed by atoms with Crippen LogP contribution in [0.3, 0.4) is 0 Å². The van der Waals surface area contributed by atoms with Crippen LogP contribution in [0.15, 0.2) is 24.3 Å². The Balaban J connectivity index is 1.53. The topological polar surface area (TPSA) is 86.7 Å². The number of carboxylic acid groups (broad SMARTS) is 1. The molecule has 2 N–H and O–H groups in total. The van der Waals surface area contributed by atoms with Crippen molar-refractivity contribution in [3.63, 3.8) is 0 Å². The second-order valence-electron chi connectivity index (χ2n) is 6.23. The number of nitrogens with zero attached hydrogens (tertiary/aromatic N) is 1. The van der Waals surface area contributed by atoms with E-state index in [2.05, 4.69) is 5.32 Å². The Hall–Kier alpha value is -2.37. The smallest absolute Gasteiger partial charge is 0.335 e. The fraction of sp³-hybridized carbons (Fsp3) is 0.471. The van der Waals surface area contributed by atoms with Crippen molar-refractivity contribution in [1.82, 2.24) is 10.2 Å². The van der Waals surface area contributed by atoms with Crippen LogP contribution in [0.4, 0.5) is 0 Å². The third-order valence-electron chi connectivity index (χ3n) is 4.44. The van der Waals surface area contributed by atoms with Crippen molar-refractivity contribution in [2.75, 3.05) is 13.1 Å². The summed E-state index contributed by atoms with van der Waals surface area (Å²) in [5.74, 6) is -0.824. The van der Waals surface area contributed by atoms with E-state index in [-0.39, 0.29) is 29.3 Å². The van der Waals surface area contributed by atoms with Crippen molar-refractivity contribution >= 4 is 17.8 Å². The van der Waals surface area contributed by atoms with Gasteiger partial charge in [-0.2, -0.15) is 0 Å². The molecule has 2 fully saturated rings. The van der Waals surface area contributed by atoms with E-state index < -0.39 is 5.97 Å². The molecule has 1 aliphatic heterocycles. The van der Waals surface area contributed by atoms with Crippen molar-refractivity contribution < 1.29 is 19.5 Å². The summed E-state index contributed by atoms with van der Waals surface area (Å²) in [5, 5.41) is 11.9. The summed E-state index contributed by atoms with van der Waals surface area (Å²) in [6, 6.07) is 6.03. The van der Waals surface area contributed by atoms with Crippen LogP contribution in [0.25, 0.3) is 0 Å². The number of piperidine rings is 1. The van der Waals surface area contributed by atoms with Crippen molar-refractivity contribution in [2.45, 2.75) is 31.7 Å². The number of amides is 2. The van der Waals surface area contributed by atoms with Gasteiger partial charge in [-0.25, -0.2) is 4.79 Å². The van der Waals surface area contributed by atoms with E-state index >= 15 is 0 Å². The predicted octanol–water partition coefficient (Wildman–Crippen LogP) is 1.52. The maximum Gasteiger partial charge on any atom is 0.335 e. The number of hydrogen-bond donors (Lipinski definition) is 2. The number of nitrogens with one attached hydrogen (secondary N) is 1. The number of carbonyl (C=O) groups excluding carboxylic acids is 2. The molecule has 0 bridgehead atoms. The molecule has 2 amide bonds. The van der Waals surface area contributed by atoms with Gasteiger partial charge in [0, 0.05) is 30.6 Å². The molecule has 1 aromatic carbocycles. The first-order valence-corrected chi connectivity index (χ1v) is 7.97. The molecule has 1 aliphatic carbocycles. The fourth-order valence-corrected chi connectivity index (χ4v) is 2.89. The molecule has 1 aromatic rings. The molecule has 23 heavy (non-hydrogen) atoms. The van der Waals surface area contributed by atoms with E-state index in [0.29, 0.717) is 18.7 Å². The Morgan fingerprint density at radius 2 is 1.70 bits per heavy atom. The lowest BCUT2D eigenvalue weighted by molar-refractivity contribution is -0.133. The van der Waals surface area contributed by atoms with E-state index in [1.165, 1.54) is 12.1 Å². The maximum absolute atomic E-state index is 12.2. The van der Waals surface area contributed by atoms with E-state index in [1.807, 2.05) is 4.90 Å². The molecule has 0 aromatic heterocycles. The number of carboxylic acids is 1. The van der Waals surface area contributed by atoms with E-state index in [1.54, 1.807) is 12.1 Å². The van der Waals surface area contributed by atoms with Crippen LogP contribution in [0, 0.1) is 5.92 Å². The van der Waals surface area contributed by atoms with Gasteiger partial charge in [0.05, 0.1) is 5.56 Å². The van der Waals surface area contributed by atoms with Crippen LogP contribution in [0.2, 0.25) is 0 Å². The van der Waals surface area contributed by atoms with Crippen molar-refractivity contribution in [1.29, 1.82) is 0 Å². The molecule has 1 saturated heterocycles. The zero-order valence-electron chi connectivity index (χ0n) is 12.8. The number of hydrogen-bond acceptors (Lipinski definition) is 3. The predicted molar refractivity (Wildman–Crippen MR) is 83.2 cm³/mol. The molecular formula is C17H20N2O4. The number of benzene rings is 1. The molecular weight excluding hydrogens is 296 g/mol. The number of rotatable bonds is 4. The van der Waals surface area contributed by atoms with Gasteiger partial charge in [0.2, 0.25) is 5.91 Å². The minimum atomic E-state index is -1.05. The normalized spacial score (nSPS) is 18.5. The first-order valence-electron chi connectivity index (χ1n) is 7.97. The highest BCUT2D eigenvalue weighted by Gasteiger charge is 2.35. The minimum absolute atomic E-state index is 0.0271. The van der Waals surface area contributed by atoms with Crippen LogP contribution in [0.5, 0.6) is 0 Å². The van der Waals surface area contributed by atoms with Gasteiger partial charge in [0.25, 0.3) is 5.91 Å².